The molecule has 2 rings (SSSR count). The molecule has 2 aromatic rings. The molecule has 0 unspecified atom stereocenters. The van der Waals surface area contributed by atoms with Crippen molar-refractivity contribution in [1.82, 2.24) is 4.90 Å². The number of ether oxygens (including phenoxy) is 2. The predicted octanol–water partition coefficient (Wildman–Crippen LogP) is 3.17. The van der Waals surface area contributed by atoms with E-state index < -0.39 is 5.97 Å². The van der Waals surface area contributed by atoms with Crippen LogP contribution >= 0.6 is 11.3 Å². The van der Waals surface area contributed by atoms with Crippen LogP contribution in [-0.2, 0) is 16.1 Å². The van der Waals surface area contributed by atoms with Crippen LogP contribution in [-0.4, -0.2) is 44.1 Å². The quantitative estimate of drug-likeness (QED) is 0.539. The Labute approximate surface area is 157 Å². The van der Waals surface area contributed by atoms with Gasteiger partial charge in [0.05, 0.1) is 26.5 Å². The van der Waals surface area contributed by atoms with Gasteiger partial charge in [-0.15, -0.1) is 17.9 Å². The number of nitrogens with one attached hydrogen (secondary N) is 1. The monoisotopic (exact) mass is 374 g/mol. The van der Waals surface area contributed by atoms with Crippen LogP contribution in [0, 0.1) is 0 Å². The van der Waals surface area contributed by atoms with E-state index in [0.29, 0.717) is 23.7 Å². The van der Waals surface area contributed by atoms with Crippen molar-refractivity contribution in [2.24, 2.45) is 0 Å². The number of carbonyl (C=O) groups excluding carboxylic acids is 2. The Morgan fingerprint density at radius 3 is 2.58 bits per heavy atom. The summed E-state index contributed by atoms with van der Waals surface area (Å²) in [5.41, 5.74) is 1.53. The second-order valence-corrected chi connectivity index (χ2v) is 6.43. The molecule has 1 N–H and O–H groups in total. The third-order valence-electron chi connectivity index (χ3n) is 3.63. The van der Waals surface area contributed by atoms with Crippen molar-refractivity contribution >= 4 is 28.9 Å². The maximum Gasteiger partial charge on any atom is 0.350 e. The largest absolute Gasteiger partial charge is 0.497 e. The summed E-state index contributed by atoms with van der Waals surface area (Å²) in [6.07, 6.45) is 1.75. The van der Waals surface area contributed by atoms with Crippen molar-refractivity contribution < 1.29 is 19.1 Å². The minimum atomic E-state index is -0.462. The Morgan fingerprint density at radius 1 is 1.23 bits per heavy atom. The molecule has 138 valence electrons. The van der Waals surface area contributed by atoms with Crippen molar-refractivity contribution in [3.8, 4) is 5.75 Å². The van der Waals surface area contributed by atoms with E-state index in [-0.39, 0.29) is 12.5 Å². The highest BCUT2D eigenvalue weighted by molar-refractivity contribution is 7.12. The normalized spacial score (nSPS) is 10.4. The lowest BCUT2D eigenvalue weighted by Crippen LogP contribution is -2.33. The maximum absolute atomic E-state index is 12.4. The van der Waals surface area contributed by atoms with Crippen molar-refractivity contribution in [2.75, 3.05) is 32.6 Å². The highest BCUT2D eigenvalue weighted by Crippen LogP contribution is 2.23. The number of nitrogens with zero attached hydrogens (tertiary/aromatic N) is 1. The lowest BCUT2D eigenvalue weighted by atomic mass is 10.2. The van der Waals surface area contributed by atoms with Gasteiger partial charge in [-0.3, -0.25) is 9.69 Å². The second kappa shape index (κ2) is 9.74. The number of thiophene rings is 1. The predicted molar refractivity (Wildman–Crippen MR) is 103 cm³/mol. The van der Waals surface area contributed by atoms with E-state index in [2.05, 4.69) is 11.9 Å². The number of hydrogen-bond acceptors (Lipinski definition) is 6. The second-order valence-electron chi connectivity index (χ2n) is 5.51. The van der Waals surface area contributed by atoms with Crippen molar-refractivity contribution in [3.63, 3.8) is 0 Å². The van der Waals surface area contributed by atoms with Gasteiger partial charge in [-0.2, -0.15) is 0 Å². The Kier molecular flexibility index (Phi) is 7.37. The first-order valence-corrected chi connectivity index (χ1v) is 8.87. The fraction of sp³-hybridized carbons (Fsp3) is 0.263. The summed E-state index contributed by atoms with van der Waals surface area (Å²) >= 11 is 1.23. The third kappa shape index (κ3) is 5.44. The van der Waals surface area contributed by atoms with E-state index >= 15 is 0 Å². The van der Waals surface area contributed by atoms with Gasteiger partial charge in [-0.05, 0) is 29.1 Å². The van der Waals surface area contributed by atoms with Crippen LogP contribution < -0.4 is 10.1 Å². The number of anilines is 1. The molecule has 6 nitrogen and oxygen atoms in total. The van der Waals surface area contributed by atoms with Crippen LogP contribution in [0.5, 0.6) is 5.75 Å². The Hall–Kier alpha value is -2.64. The van der Waals surface area contributed by atoms with Crippen LogP contribution in [0.2, 0.25) is 0 Å². The first-order valence-electron chi connectivity index (χ1n) is 7.99. The summed E-state index contributed by atoms with van der Waals surface area (Å²) in [4.78, 5) is 26.4. The van der Waals surface area contributed by atoms with Gasteiger partial charge in [0, 0.05) is 13.1 Å². The van der Waals surface area contributed by atoms with E-state index in [0.717, 1.165) is 11.3 Å². The van der Waals surface area contributed by atoms with Gasteiger partial charge in [0.1, 0.15) is 10.6 Å². The molecule has 1 aromatic heterocycles. The van der Waals surface area contributed by atoms with Gasteiger partial charge in [0.25, 0.3) is 0 Å². The number of esters is 1. The summed E-state index contributed by atoms with van der Waals surface area (Å²) < 4.78 is 9.87. The summed E-state index contributed by atoms with van der Waals surface area (Å²) in [5.74, 6) is 0.120. The highest BCUT2D eigenvalue weighted by Gasteiger charge is 2.17. The number of methoxy groups -OCH3 is 2. The Bertz CT molecular complexity index is 755. The smallest absolute Gasteiger partial charge is 0.350 e. The number of carbonyl (C=O) groups is 2. The Balaban J connectivity index is 2.00. The minimum absolute atomic E-state index is 0.175. The zero-order valence-electron chi connectivity index (χ0n) is 14.9. The molecule has 0 aliphatic rings. The summed E-state index contributed by atoms with van der Waals surface area (Å²) in [5, 5.41) is 4.51. The molecule has 1 amide bonds. The van der Waals surface area contributed by atoms with E-state index in [1.807, 2.05) is 29.2 Å². The highest BCUT2D eigenvalue weighted by atomic mass is 32.1. The van der Waals surface area contributed by atoms with Crippen molar-refractivity contribution in [2.45, 2.75) is 6.54 Å². The van der Waals surface area contributed by atoms with Gasteiger partial charge >= 0.3 is 5.97 Å². The average Bonchev–Trinajstić information content (AvgIpc) is 3.09. The van der Waals surface area contributed by atoms with Crippen LogP contribution in [0.1, 0.15) is 15.2 Å². The number of hydrogen-bond donors (Lipinski definition) is 1. The van der Waals surface area contributed by atoms with Gasteiger partial charge in [-0.1, -0.05) is 18.2 Å². The fourth-order valence-corrected chi connectivity index (χ4v) is 3.17. The van der Waals surface area contributed by atoms with Crippen molar-refractivity contribution in [3.05, 3.63) is 58.8 Å². The molecule has 0 atom stereocenters. The Morgan fingerprint density at radius 2 is 1.96 bits per heavy atom. The topological polar surface area (TPSA) is 67.9 Å². The molecule has 0 spiro atoms. The molecule has 1 heterocycles. The molecule has 26 heavy (non-hydrogen) atoms. The van der Waals surface area contributed by atoms with E-state index in [1.165, 1.54) is 18.4 Å². The summed E-state index contributed by atoms with van der Waals surface area (Å²) in [6.45, 7) is 5.08. The summed E-state index contributed by atoms with van der Waals surface area (Å²) in [7, 11) is 2.94. The molecule has 0 bridgehead atoms. The first-order chi connectivity index (χ1) is 12.6. The zero-order chi connectivity index (χ0) is 18.9. The van der Waals surface area contributed by atoms with Gasteiger partial charge < -0.3 is 14.8 Å². The van der Waals surface area contributed by atoms with Crippen LogP contribution in [0.4, 0.5) is 5.69 Å². The molecule has 7 heteroatoms. The molecule has 1 aromatic carbocycles. The molecular formula is C19H22N2O4S. The minimum Gasteiger partial charge on any atom is -0.497 e. The number of rotatable bonds is 9. The standard InChI is InChI=1S/C19H22N2O4S/c1-4-10-21(12-14-5-7-15(24-2)8-6-14)13-17(22)20-16-9-11-26-18(16)19(23)25-3/h4-9,11H,1,10,12-13H2,2-3H3,(H,20,22). The van der Waals surface area contributed by atoms with E-state index in [1.54, 1.807) is 24.6 Å². The van der Waals surface area contributed by atoms with Gasteiger partial charge in [0.15, 0.2) is 0 Å². The molecule has 0 radical (unpaired) electrons. The molecule has 0 fully saturated rings. The molecule has 0 aliphatic carbocycles. The van der Waals surface area contributed by atoms with Crippen LogP contribution in [0.15, 0.2) is 48.4 Å². The van der Waals surface area contributed by atoms with Gasteiger partial charge in [-0.25, -0.2) is 4.79 Å². The summed E-state index contributed by atoms with van der Waals surface area (Å²) in [6, 6.07) is 9.38. The molecular weight excluding hydrogens is 352 g/mol. The molecule has 0 saturated carbocycles. The molecule has 0 saturated heterocycles. The van der Waals surface area contributed by atoms with E-state index in [4.69, 9.17) is 9.47 Å². The third-order valence-corrected chi connectivity index (χ3v) is 4.52. The lowest BCUT2D eigenvalue weighted by molar-refractivity contribution is -0.117. The number of amides is 1. The van der Waals surface area contributed by atoms with E-state index in [9.17, 15) is 9.59 Å². The average molecular weight is 374 g/mol. The van der Waals surface area contributed by atoms with Crippen LogP contribution in [0.3, 0.4) is 0 Å². The lowest BCUT2D eigenvalue weighted by Gasteiger charge is -2.20. The van der Waals surface area contributed by atoms with Crippen LogP contribution in [0.25, 0.3) is 0 Å². The molecule has 0 aliphatic heterocycles. The van der Waals surface area contributed by atoms with Gasteiger partial charge in [0.2, 0.25) is 5.91 Å². The maximum atomic E-state index is 12.4. The SMILES string of the molecule is C=CCN(CC(=O)Nc1ccsc1C(=O)OC)Cc1ccc(OC)cc1. The fourth-order valence-electron chi connectivity index (χ4n) is 2.41. The van der Waals surface area contributed by atoms with Crippen molar-refractivity contribution in [1.29, 1.82) is 0 Å². The zero-order valence-corrected chi connectivity index (χ0v) is 15.7. The first kappa shape index (κ1) is 19.7. The number of benzene rings is 1.